The molecule has 1 aliphatic heterocycles. The highest BCUT2D eigenvalue weighted by atomic mass is 33.1. The van der Waals surface area contributed by atoms with Crippen molar-refractivity contribution in [3.63, 3.8) is 0 Å². The van der Waals surface area contributed by atoms with E-state index in [0.29, 0.717) is 23.5 Å². The van der Waals surface area contributed by atoms with E-state index in [4.69, 9.17) is 0 Å². The van der Waals surface area contributed by atoms with E-state index in [-0.39, 0.29) is 34.1 Å². The second-order valence-corrected chi connectivity index (χ2v) is 10.7. The number of hydrogen-bond donors (Lipinski definition) is 0. The van der Waals surface area contributed by atoms with E-state index < -0.39 is 15.9 Å². The molecule has 1 saturated carbocycles. The summed E-state index contributed by atoms with van der Waals surface area (Å²) in [6, 6.07) is 9.52. The fourth-order valence-corrected chi connectivity index (χ4v) is 6.71. The van der Waals surface area contributed by atoms with Gasteiger partial charge in [-0.3, -0.25) is 29.9 Å². The summed E-state index contributed by atoms with van der Waals surface area (Å²) < 4.78 is 14.5. The van der Waals surface area contributed by atoms with Crippen molar-refractivity contribution in [1.82, 2.24) is 4.90 Å². The molecule has 11 heteroatoms. The Bertz CT molecular complexity index is 1070. The Morgan fingerprint density at radius 2 is 1.73 bits per heavy atom. The predicted octanol–water partition coefficient (Wildman–Crippen LogP) is 5.57. The van der Waals surface area contributed by atoms with E-state index in [0.717, 1.165) is 31.7 Å². The molecule has 33 heavy (non-hydrogen) atoms. The van der Waals surface area contributed by atoms with Gasteiger partial charge in [0.15, 0.2) is 5.78 Å². The summed E-state index contributed by atoms with van der Waals surface area (Å²) >= 11 is 0. The van der Waals surface area contributed by atoms with Gasteiger partial charge < -0.3 is 0 Å². The Morgan fingerprint density at radius 1 is 1.03 bits per heavy atom. The number of benzene rings is 2. The molecular weight excluding hydrogens is 469 g/mol. The molecule has 0 radical (unpaired) electrons. The maximum Gasteiger partial charge on any atom is 0.290 e. The minimum Gasteiger partial charge on any atom is -0.297 e. The summed E-state index contributed by atoms with van der Waals surface area (Å²) in [6.45, 7) is 1.25. The molecule has 2 aliphatic rings. The van der Waals surface area contributed by atoms with E-state index >= 15 is 0 Å². The van der Waals surface area contributed by atoms with E-state index in [9.17, 15) is 29.4 Å². The summed E-state index contributed by atoms with van der Waals surface area (Å²) in [5, 5.41) is 22.5. The minimum absolute atomic E-state index is 0.0138. The van der Waals surface area contributed by atoms with E-state index in [1.165, 1.54) is 39.8 Å². The summed E-state index contributed by atoms with van der Waals surface area (Å²) in [5.74, 6) is -0.268. The standard InChI is InChI=1S/C22H22FN3O5S2/c23-18-4-2-1-3-17(18)21(22(27)14-5-6-14)24-11-9-16(10-12-24)32-33-20-8-7-15(25(28)29)13-19(20)26(30)31/h1-4,7-8,13-14,16,21H,5-6,9-12H2. The zero-order valence-electron chi connectivity index (χ0n) is 17.6. The first-order valence-corrected chi connectivity index (χ1v) is 12.8. The van der Waals surface area contributed by atoms with Crippen molar-refractivity contribution in [1.29, 1.82) is 0 Å². The third-order valence-corrected chi connectivity index (χ3v) is 8.92. The van der Waals surface area contributed by atoms with Crippen LogP contribution in [-0.2, 0) is 4.79 Å². The lowest BCUT2D eigenvalue weighted by Gasteiger charge is -2.37. The maximum absolute atomic E-state index is 14.5. The summed E-state index contributed by atoms with van der Waals surface area (Å²) in [7, 11) is 2.73. The number of halogens is 1. The molecule has 0 bridgehead atoms. The van der Waals surface area contributed by atoms with Crippen molar-refractivity contribution in [2.45, 2.75) is 41.9 Å². The third-order valence-electron chi connectivity index (χ3n) is 5.91. The first kappa shape index (κ1) is 23.7. The Labute approximate surface area is 197 Å². The molecular formula is C22H22FN3O5S2. The normalized spacial score (nSPS) is 18.1. The molecule has 1 heterocycles. The molecule has 1 atom stereocenters. The van der Waals surface area contributed by atoms with Crippen LogP contribution in [0.3, 0.4) is 0 Å². The number of nitrogens with zero attached hydrogens (tertiary/aromatic N) is 3. The third kappa shape index (κ3) is 5.53. The van der Waals surface area contributed by atoms with Crippen molar-refractivity contribution in [2.75, 3.05) is 13.1 Å². The van der Waals surface area contributed by atoms with Crippen LogP contribution in [0.2, 0.25) is 0 Å². The van der Waals surface area contributed by atoms with Gasteiger partial charge in [-0.15, -0.1) is 0 Å². The average molecular weight is 492 g/mol. The molecule has 2 fully saturated rings. The fraction of sp³-hybridized carbons (Fsp3) is 0.409. The van der Waals surface area contributed by atoms with Crippen molar-refractivity contribution >= 4 is 38.7 Å². The van der Waals surface area contributed by atoms with Crippen LogP contribution in [0.4, 0.5) is 15.8 Å². The molecule has 0 amide bonds. The van der Waals surface area contributed by atoms with Crippen LogP contribution in [0.5, 0.6) is 0 Å². The van der Waals surface area contributed by atoms with Crippen molar-refractivity contribution in [3.8, 4) is 0 Å². The Morgan fingerprint density at radius 3 is 2.33 bits per heavy atom. The molecule has 174 valence electrons. The van der Waals surface area contributed by atoms with Gasteiger partial charge in [0.1, 0.15) is 5.82 Å². The first-order valence-electron chi connectivity index (χ1n) is 10.6. The van der Waals surface area contributed by atoms with E-state index in [1.54, 1.807) is 18.2 Å². The van der Waals surface area contributed by atoms with Crippen molar-refractivity contribution in [3.05, 3.63) is 74.1 Å². The lowest BCUT2D eigenvalue weighted by Crippen LogP contribution is -2.41. The molecule has 0 spiro atoms. The van der Waals surface area contributed by atoms with Crippen LogP contribution in [0.15, 0.2) is 47.4 Å². The van der Waals surface area contributed by atoms with Crippen molar-refractivity contribution < 1.29 is 19.0 Å². The van der Waals surface area contributed by atoms with Gasteiger partial charge in [-0.25, -0.2) is 4.39 Å². The number of likely N-dealkylation sites (tertiary alicyclic amines) is 1. The molecule has 0 aromatic heterocycles. The second-order valence-electron chi connectivity index (χ2n) is 8.18. The summed E-state index contributed by atoms with van der Waals surface area (Å²) in [5.41, 5.74) is -0.172. The number of rotatable bonds is 9. The van der Waals surface area contributed by atoms with Crippen LogP contribution in [0.25, 0.3) is 0 Å². The number of ketones is 1. The highest BCUT2D eigenvalue weighted by molar-refractivity contribution is 8.77. The summed E-state index contributed by atoms with van der Waals surface area (Å²) in [6.07, 6.45) is 3.23. The predicted molar refractivity (Wildman–Crippen MR) is 125 cm³/mol. The molecule has 1 saturated heterocycles. The highest BCUT2D eigenvalue weighted by Crippen LogP contribution is 2.45. The minimum atomic E-state index is -0.654. The number of non-ortho nitro benzene ring substituents is 1. The lowest BCUT2D eigenvalue weighted by atomic mass is 9.95. The number of carbonyl (C=O) groups excluding carboxylic acids is 1. The average Bonchev–Trinajstić information content (AvgIpc) is 3.65. The highest BCUT2D eigenvalue weighted by Gasteiger charge is 2.40. The van der Waals surface area contributed by atoms with Gasteiger partial charge >= 0.3 is 0 Å². The second kappa shape index (κ2) is 10.2. The Hall–Kier alpha value is -2.50. The van der Waals surface area contributed by atoms with Crippen molar-refractivity contribution in [2.24, 2.45) is 5.92 Å². The summed E-state index contributed by atoms with van der Waals surface area (Å²) in [4.78, 5) is 36.4. The number of nitro benzene ring substituents is 2. The molecule has 2 aromatic carbocycles. The van der Waals surface area contributed by atoms with E-state index in [1.807, 2.05) is 0 Å². The molecule has 1 unspecified atom stereocenters. The molecule has 1 aliphatic carbocycles. The Kier molecular flexibility index (Phi) is 7.30. The number of piperidine rings is 1. The van der Waals surface area contributed by atoms with Gasteiger partial charge in [-0.2, -0.15) is 0 Å². The van der Waals surface area contributed by atoms with E-state index in [2.05, 4.69) is 4.90 Å². The smallest absolute Gasteiger partial charge is 0.290 e. The molecule has 8 nitrogen and oxygen atoms in total. The number of hydrogen-bond acceptors (Lipinski definition) is 8. The lowest BCUT2D eigenvalue weighted by molar-refractivity contribution is -0.396. The fourth-order valence-electron chi connectivity index (χ4n) is 4.00. The van der Waals surface area contributed by atoms with Crippen LogP contribution in [0.1, 0.15) is 37.3 Å². The maximum atomic E-state index is 14.5. The first-order chi connectivity index (χ1) is 15.8. The number of nitro groups is 2. The quantitative estimate of drug-likeness (QED) is 0.255. The molecule has 4 rings (SSSR count). The van der Waals surface area contributed by atoms with Gasteiger partial charge in [0, 0.05) is 35.9 Å². The van der Waals surface area contributed by atoms with Gasteiger partial charge in [-0.1, -0.05) is 39.8 Å². The SMILES string of the molecule is O=C(C1CC1)C(c1ccccc1F)N1CCC(SSc2ccc([N+](=O)[O-])cc2[N+](=O)[O-])CC1. The number of carbonyl (C=O) groups is 1. The monoisotopic (exact) mass is 491 g/mol. The van der Waals surface area contributed by atoms with Crippen LogP contribution >= 0.6 is 21.6 Å². The zero-order chi connectivity index (χ0) is 23.5. The van der Waals surface area contributed by atoms with Gasteiger partial charge in [0.2, 0.25) is 0 Å². The van der Waals surface area contributed by atoms with Gasteiger partial charge in [0.25, 0.3) is 11.4 Å². The largest absolute Gasteiger partial charge is 0.297 e. The topological polar surface area (TPSA) is 107 Å². The zero-order valence-corrected chi connectivity index (χ0v) is 19.2. The van der Waals surface area contributed by atoms with Crippen LogP contribution in [0, 0.1) is 32.0 Å². The number of Topliss-reactive ketones (excluding diaryl/α,β-unsaturated/α-hetero) is 1. The van der Waals surface area contributed by atoms with Crippen LogP contribution < -0.4 is 0 Å². The molecule has 2 aromatic rings. The van der Waals surface area contributed by atoms with Gasteiger partial charge in [0.05, 0.1) is 26.9 Å². The molecule has 0 N–H and O–H groups in total. The van der Waals surface area contributed by atoms with Gasteiger partial charge in [-0.05, 0) is 37.8 Å². The van der Waals surface area contributed by atoms with Crippen LogP contribution in [-0.4, -0.2) is 38.9 Å². The Balaban J connectivity index is 1.40.